The lowest BCUT2D eigenvalue weighted by molar-refractivity contribution is -0.149. The molecule has 0 heterocycles. The van der Waals surface area contributed by atoms with Crippen LogP contribution in [0.2, 0.25) is 23.2 Å². The Bertz CT molecular complexity index is 3090. The molecule has 0 fully saturated rings. The number of halogens is 1. The fourth-order valence-corrected chi connectivity index (χ4v) is 10.7. The number of nitrogens with one attached hydrogen (secondary N) is 1. The van der Waals surface area contributed by atoms with Gasteiger partial charge in [0.25, 0.3) is 0 Å². The van der Waals surface area contributed by atoms with E-state index in [0.29, 0.717) is 39.5 Å². The summed E-state index contributed by atoms with van der Waals surface area (Å²) in [6.45, 7) is 13.5. The van der Waals surface area contributed by atoms with Crippen LogP contribution in [-0.4, -0.2) is 124 Å². The molecule has 0 spiro atoms. The fourth-order valence-electron chi connectivity index (χ4n) is 9.17. The first-order valence-corrected chi connectivity index (χ1v) is 30.5. The van der Waals surface area contributed by atoms with Crippen molar-refractivity contribution in [2.24, 2.45) is 0 Å². The lowest BCUT2D eigenvalue weighted by Gasteiger charge is -2.40. The average molecular weight is 1190 g/mol. The van der Waals surface area contributed by atoms with Crippen molar-refractivity contribution in [1.82, 2.24) is 5.32 Å². The number of carbonyl (C=O) groups is 2. The minimum atomic E-state index is -2.62. The highest BCUT2D eigenvalue weighted by atomic mass is 35.5. The Labute approximate surface area is 499 Å². The molecule has 6 rings (SSSR count). The Hall–Kier alpha value is -7.07. The minimum absolute atomic E-state index is 0.0192. The molecule has 5 aromatic rings. The maximum atomic E-state index is 13.4. The zero-order valence-corrected chi connectivity index (χ0v) is 51.5. The lowest BCUT2D eigenvalue weighted by atomic mass is 9.79. The number of carbonyl (C=O) groups excluding carboxylic acids is 1. The van der Waals surface area contributed by atoms with Gasteiger partial charge in [0, 0.05) is 19.1 Å². The molecular formula is C65H78ClNO16Si. The van der Waals surface area contributed by atoms with E-state index in [0.717, 1.165) is 0 Å². The standard InChI is InChI=1S/C65H78ClNO16Si/c1-14-56(81-59-53(66)34-44(35-55(59)79-42-74-8)54(37-58(69)70)67-60(71)82-61(2,3)4)64(73)38-52(83-84(12,13)62(5,6)7)36-48(64)32-33-63(72,57(39-68)78-40-43-20-26-49(75-9)27-21-43)41-80-65(45-18-16-15-17-19-45,46-22-28-50(76-10)29-23-46)47-24-30-51(77-11)31-25-47/h1,15-31,34-36,52,54,56-57,68,72-73H,37-42H2,2-13H3,(H,67,71)(H,69,70)/t52-,54+,56-,57+,63+,64-/m1/s1. The number of hydrogen-bond acceptors (Lipinski definition) is 15. The molecule has 0 aromatic heterocycles. The third-order valence-corrected chi connectivity index (χ3v) is 19.4. The van der Waals surface area contributed by atoms with E-state index in [4.69, 9.17) is 65.1 Å². The van der Waals surface area contributed by atoms with Crippen LogP contribution in [0, 0.1) is 24.2 Å². The van der Waals surface area contributed by atoms with Gasteiger partial charge < -0.3 is 72.8 Å². The molecule has 0 saturated carbocycles. The SMILES string of the molecule is C#C[C@@H](Oc1c(Cl)cc([C@H](CC(=O)O)NC(=O)OC(C)(C)C)cc1OCOC)[C@@]1(O)C[C@H](O[Si](C)(C)C(C)(C)C)C=C1C#C[C@](O)(COC(c1ccccc1)(c1ccc(OC)cc1)c1ccc(OC)cc1)[C@H](CO)OCc1ccc(OC)cc1. The van der Waals surface area contributed by atoms with Gasteiger partial charge in [0.2, 0.25) is 0 Å². The molecule has 450 valence electrons. The van der Waals surface area contributed by atoms with Crippen LogP contribution in [0.5, 0.6) is 28.7 Å². The largest absolute Gasteiger partial charge is 0.497 e. The number of methoxy groups -OCH3 is 4. The van der Waals surface area contributed by atoms with Crippen LogP contribution in [0.3, 0.4) is 0 Å². The first-order valence-electron chi connectivity index (χ1n) is 27.2. The molecule has 5 N–H and O–H groups in total. The van der Waals surface area contributed by atoms with Gasteiger partial charge in [-0.05, 0) is 121 Å². The highest BCUT2D eigenvalue weighted by Gasteiger charge is 2.51. The summed E-state index contributed by atoms with van der Waals surface area (Å²) in [5, 5.41) is 50.3. The zero-order chi connectivity index (χ0) is 61.7. The van der Waals surface area contributed by atoms with Gasteiger partial charge in [0.05, 0.1) is 64.7 Å². The number of ether oxygens (including phenoxy) is 9. The van der Waals surface area contributed by atoms with Gasteiger partial charge in [0.1, 0.15) is 40.2 Å². The van der Waals surface area contributed by atoms with E-state index in [1.807, 2.05) is 54.6 Å². The number of rotatable bonds is 26. The minimum Gasteiger partial charge on any atom is -0.497 e. The van der Waals surface area contributed by atoms with Crippen molar-refractivity contribution in [3.8, 4) is 52.9 Å². The van der Waals surface area contributed by atoms with E-state index in [1.54, 1.807) is 96.7 Å². The number of carboxylic acids is 1. The Morgan fingerprint density at radius 1 is 0.833 bits per heavy atom. The van der Waals surface area contributed by atoms with E-state index in [1.165, 1.54) is 19.2 Å². The third-order valence-electron chi connectivity index (χ3n) is 14.6. The second-order valence-corrected chi connectivity index (χ2v) is 27.9. The lowest BCUT2D eigenvalue weighted by Crippen LogP contribution is -2.51. The van der Waals surface area contributed by atoms with Gasteiger partial charge in [-0.2, -0.15) is 0 Å². The Morgan fingerprint density at radius 2 is 1.39 bits per heavy atom. The van der Waals surface area contributed by atoms with Gasteiger partial charge >= 0.3 is 12.1 Å². The summed E-state index contributed by atoms with van der Waals surface area (Å²) in [6, 6.07) is 32.7. The van der Waals surface area contributed by atoms with Crippen molar-refractivity contribution < 1.29 is 77.1 Å². The van der Waals surface area contributed by atoms with E-state index in [2.05, 4.69) is 56.9 Å². The molecule has 1 aliphatic rings. The number of alkyl carbamates (subject to hydrolysis) is 1. The van der Waals surface area contributed by atoms with Crippen molar-refractivity contribution in [1.29, 1.82) is 0 Å². The number of aliphatic hydroxyl groups is 3. The third kappa shape index (κ3) is 16.2. The molecule has 1 amide bonds. The van der Waals surface area contributed by atoms with Gasteiger partial charge in [0.15, 0.2) is 38.3 Å². The van der Waals surface area contributed by atoms with Crippen molar-refractivity contribution in [3.05, 3.63) is 160 Å². The highest BCUT2D eigenvalue weighted by molar-refractivity contribution is 6.74. The topological polar surface area (TPSA) is 219 Å². The molecule has 0 radical (unpaired) electrons. The maximum Gasteiger partial charge on any atom is 0.408 e. The van der Waals surface area contributed by atoms with E-state index in [-0.39, 0.29) is 52.5 Å². The average Bonchev–Trinajstić information content (AvgIpc) is 1.62. The number of terminal acetylenes is 1. The van der Waals surface area contributed by atoms with Crippen molar-refractivity contribution >= 4 is 32.0 Å². The normalized spacial score (nSPS) is 17.2. The van der Waals surface area contributed by atoms with E-state index in [9.17, 15) is 30.0 Å². The van der Waals surface area contributed by atoms with Crippen LogP contribution in [0.25, 0.3) is 0 Å². The second kappa shape index (κ2) is 28.2. The molecule has 84 heavy (non-hydrogen) atoms. The first kappa shape index (κ1) is 66.1. The Kier molecular flexibility index (Phi) is 22.2. The monoisotopic (exact) mass is 1190 g/mol. The molecule has 17 nitrogen and oxygen atoms in total. The van der Waals surface area contributed by atoms with E-state index < -0.39 is 86.8 Å². The molecule has 0 unspecified atom stereocenters. The summed E-state index contributed by atoms with van der Waals surface area (Å²) < 4.78 is 60.3. The molecule has 5 aromatic carbocycles. The molecule has 0 aliphatic heterocycles. The van der Waals surface area contributed by atoms with Crippen LogP contribution in [-0.2, 0) is 40.4 Å². The summed E-state index contributed by atoms with van der Waals surface area (Å²) >= 11 is 7.04. The fraction of sp³-hybridized carbons (Fsp3) is 0.415. The number of carboxylic acid groups (broad SMARTS) is 1. The number of amides is 1. The van der Waals surface area contributed by atoms with Crippen molar-refractivity contribution in [2.45, 2.75) is 126 Å². The number of hydrogen-bond donors (Lipinski definition) is 5. The van der Waals surface area contributed by atoms with Crippen LogP contribution >= 0.6 is 11.6 Å². The van der Waals surface area contributed by atoms with Crippen LogP contribution in [0.15, 0.2) is 127 Å². The van der Waals surface area contributed by atoms with Gasteiger partial charge in [-0.1, -0.05) is 117 Å². The second-order valence-electron chi connectivity index (χ2n) is 22.8. The number of aliphatic carboxylic acids is 1. The molecule has 0 saturated heterocycles. The van der Waals surface area contributed by atoms with E-state index >= 15 is 0 Å². The van der Waals surface area contributed by atoms with Gasteiger partial charge in [-0.3, -0.25) is 4.79 Å². The Balaban J connectivity index is 1.53. The molecule has 6 atom stereocenters. The van der Waals surface area contributed by atoms with Crippen LogP contribution in [0.1, 0.15) is 88.2 Å². The molecule has 19 heteroatoms. The zero-order valence-electron chi connectivity index (χ0n) is 49.7. The van der Waals surface area contributed by atoms with Gasteiger partial charge in [-0.25, -0.2) is 4.79 Å². The van der Waals surface area contributed by atoms with Crippen LogP contribution in [0.4, 0.5) is 4.79 Å². The van der Waals surface area contributed by atoms with Gasteiger partial charge in [-0.15, -0.1) is 6.42 Å². The molecule has 0 bridgehead atoms. The predicted molar refractivity (Wildman–Crippen MR) is 321 cm³/mol. The summed E-state index contributed by atoms with van der Waals surface area (Å²) in [5.41, 5.74) is -4.20. The summed E-state index contributed by atoms with van der Waals surface area (Å²) in [4.78, 5) is 25.2. The van der Waals surface area contributed by atoms with Crippen LogP contribution < -0.4 is 29.0 Å². The first-order chi connectivity index (χ1) is 39.7. The quantitative estimate of drug-likeness (QED) is 0.0150. The summed E-state index contributed by atoms with van der Waals surface area (Å²) in [5.74, 6) is 8.97. The number of aliphatic hydroxyl groups excluding tert-OH is 1. The van der Waals surface area contributed by atoms with Crippen molar-refractivity contribution in [2.75, 3.05) is 48.4 Å². The summed E-state index contributed by atoms with van der Waals surface area (Å²) in [6.07, 6.45) is 2.44. The summed E-state index contributed by atoms with van der Waals surface area (Å²) in [7, 11) is 3.44. The molecule has 1 aliphatic carbocycles. The highest BCUT2D eigenvalue weighted by Crippen LogP contribution is 2.47. The maximum absolute atomic E-state index is 13.4. The smallest absolute Gasteiger partial charge is 0.408 e. The number of benzene rings is 5. The Morgan fingerprint density at radius 3 is 1.89 bits per heavy atom. The molecular weight excluding hydrogens is 1110 g/mol. The van der Waals surface area contributed by atoms with Crippen molar-refractivity contribution in [3.63, 3.8) is 0 Å². The predicted octanol–water partition coefficient (Wildman–Crippen LogP) is 10.5.